The summed E-state index contributed by atoms with van der Waals surface area (Å²) in [6, 6.07) is 12.4. The number of rotatable bonds is 5. The van der Waals surface area contributed by atoms with Gasteiger partial charge in [0.25, 0.3) is 0 Å². The molecule has 26 heavy (non-hydrogen) atoms. The fourth-order valence-corrected chi connectivity index (χ4v) is 3.72. The number of fused-ring (bicyclic) bond motifs is 1. The van der Waals surface area contributed by atoms with Gasteiger partial charge in [0.15, 0.2) is 0 Å². The minimum absolute atomic E-state index is 0.725. The highest BCUT2D eigenvalue weighted by Gasteiger charge is 2.14. The number of aromatic amines is 1. The summed E-state index contributed by atoms with van der Waals surface area (Å²) in [7, 11) is 0. The Labute approximate surface area is 154 Å². The average molecular weight is 349 g/mol. The van der Waals surface area contributed by atoms with Crippen LogP contribution in [-0.2, 0) is 13.1 Å². The molecular formula is C21H27N5. The monoisotopic (exact) mass is 349 g/mol. The number of hydrogen-bond donors (Lipinski definition) is 2. The van der Waals surface area contributed by atoms with E-state index in [0.717, 1.165) is 48.9 Å². The van der Waals surface area contributed by atoms with Gasteiger partial charge in [-0.2, -0.15) is 0 Å². The highest BCUT2D eigenvalue weighted by atomic mass is 15.2. The molecule has 2 N–H and O–H groups in total. The fourth-order valence-electron chi connectivity index (χ4n) is 3.72. The molecule has 136 valence electrons. The van der Waals surface area contributed by atoms with Gasteiger partial charge in [-0.3, -0.25) is 0 Å². The molecule has 0 aliphatic carbocycles. The van der Waals surface area contributed by atoms with Crippen molar-refractivity contribution in [1.29, 1.82) is 0 Å². The number of imidazole rings is 1. The van der Waals surface area contributed by atoms with Gasteiger partial charge >= 0.3 is 0 Å². The van der Waals surface area contributed by atoms with Gasteiger partial charge in [-0.05, 0) is 31.0 Å². The highest BCUT2D eigenvalue weighted by molar-refractivity contribution is 5.74. The van der Waals surface area contributed by atoms with E-state index in [-0.39, 0.29) is 0 Å². The summed E-state index contributed by atoms with van der Waals surface area (Å²) in [5.41, 5.74) is 3.38. The minimum Gasteiger partial charge on any atom is -0.356 e. The van der Waals surface area contributed by atoms with Crippen LogP contribution in [0.2, 0.25) is 0 Å². The van der Waals surface area contributed by atoms with Gasteiger partial charge in [0.1, 0.15) is 11.6 Å². The standard InChI is InChI=1S/C21H27N5/c1-2-6-13-26(14-7-3-1)21-17(9-8-12-23-21)15-22-16-20-24-18-10-4-5-11-19(18)25-20/h4-5,8-12,22H,1-3,6-7,13-16H2,(H,24,25). The highest BCUT2D eigenvalue weighted by Crippen LogP contribution is 2.21. The van der Waals surface area contributed by atoms with Gasteiger partial charge in [0.05, 0.1) is 17.6 Å². The fraction of sp³-hybridized carbons (Fsp3) is 0.429. The molecular weight excluding hydrogens is 322 g/mol. The second-order valence-electron chi connectivity index (χ2n) is 7.05. The molecule has 1 fully saturated rings. The number of hydrogen-bond acceptors (Lipinski definition) is 4. The second-order valence-corrected chi connectivity index (χ2v) is 7.05. The van der Waals surface area contributed by atoms with Gasteiger partial charge < -0.3 is 15.2 Å². The molecule has 0 spiro atoms. The van der Waals surface area contributed by atoms with Crippen molar-refractivity contribution < 1.29 is 0 Å². The molecule has 0 bridgehead atoms. The summed E-state index contributed by atoms with van der Waals surface area (Å²) in [4.78, 5) is 15.2. The lowest BCUT2D eigenvalue weighted by molar-refractivity contribution is 0.551. The van der Waals surface area contributed by atoms with Crippen LogP contribution in [0.1, 0.15) is 43.5 Å². The second kappa shape index (κ2) is 8.32. The number of nitrogens with zero attached hydrogens (tertiary/aromatic N) is 3. The molecule has 5 heteroatoms. The molecule has 1 aromatic carbocycles. The van der Waals surface area contributed by atoms with E-state index in [1.54, 1.807) is 0 Å². The maximum atomic E-state index is 4.70. The van der Waals surface area contributed by atoms with E-state index in [1.807, 2.05) is 30.5 Å². The van der Waals surface area contributed by atoms with Crippen molar-refractivity contribution in [1.82, 2.24) is 20.3 Å². The Morgan fingerprint density at radius 3 is 2.58 bits per heavy atom. The maximum Gasteiger partial charge on any atom is 0.133 e. The van der Waals surface area contributed by atoms with Gasteiger partial charge in [0.2, 0.25) is 0 Å². The largest absolute Gasteiger partial charge is 0.356 e. The van der Waals surface area contributed by atoms with Crippen molar-refractivity contribution in [3.63, 3.8) is 0 Å². The van der Waals surface area contributed by atoms with Crippen molar-refractivity contribution >= 4 is 16.9 Å². The number of aromatic nitrogens is 3. The van der Waals surface area contributed by atoms with Crippen LogP contribution in [0.25, 0.3) is 11.0 Å². The third-order valence-electron chi connectivity index (χ3n) is 5.07. The van der Waals surface area contributed by atoms with Crippen molar-refractivity contribution in [3.8, 4) is 0 Å². The van der Waals surface area contributed by atoms with Crippen LogP contribution >= 0.6 is 0 Å². The molecule has 4 rings (SSSR count). The Morgan fingerprint density at radius 2 is 1.73 bits per heavy atom. The molecule has 0 radical (unpaired) electrons. The van der Waals surface area contributed by atoms with Crippen LogP contribution in [0, 0.1) is 0 Å². The van der Waals surface area contributed by atoms with Crippen LogP contribution in [0.5, 0.6) is 0 Å². The summed E-state index contributed by atoms with van der Waals surface area (Å²) in [5, 5.41) is 3.53. The Kier molecular flexibility index (Phi) is 5.45. The third kappa shape index (κ3) is 4.05. The molecule has 0 amide bonds. The third-order valence-corrected chi connectivity index (χ3v) is 5.07. The Bertz CT molecular complexity index is 800. The van der Waals surface area contributed by atoms with Gasteiger partial charge in [-0.1, -0.05) is 37.5 Å². The lowest BCUT2D eigenvalue weighted by Crippen LogP contribution is -2.29. The van der Waals surface area contributed by atoms with Crippen molar-refractivity contribution in [3.05, 3.63) is 54.0 Å². The first kappa shape index (κ1) is 17.0. The van der Waals surface area contributed by atoms with Crippen LogP contribution in [0.3, 0.4) is 0 Å². The summed E-state index contributed by atoms with van der Waals surface area (Å²) < 4.78 is 0. The van der Waals surface area contributed by atoms with E-state index in [9.17, 15) is 0 Å². The lowest BCUT2D eigenvalue weighted by Gasteiger charge is -2.27. The first-order chi connectivity index (χ1) is 12.9. The number of pyridine rings is 1. The van der Waals surface area contributed by atoms with Crippen molar-refractivity contribution in [2.24, 2.45) is 0 Å². The lowest BCUT2D eigenvalue weighted by atomic mass is 10.1. The SMILES string of the molecule is c1cnc(N2CCCCCCC2)c(CNCc2nc3ccccc3[nH]2)c1. The molecule has 1 saturated heterocycles. The van der Waals surface area contributed by atoms with E-state index in [2.05, 4.69) is 32.3 Å². The smallest absolute Gasteiger partial charge is 0.133 e. The van der Waals surface area contributed by atoms with Gasteiger partial charge in [0, 0.05) is 31.4 Å². The number of H-pyrrole nitrogens is 1. The predicted molar refractivity (Wildman–Crippen MR) is 106 cm³/mol. The first-order valence-electron chi connectivity index (χ1n) is 9.73. The molecule has 0 atom stereocenters. The topological polar surface area (TPSA) is 56.8 Å². The molecule has 1 aliphatic rings. The Morgan fingerprint density at radius 1 is 0.923 bits per heavy atom. The molecule has 2 aromatic heterocycles. The zero-order chi connectivity index (χ0) is 17.6. The van der Waals surface area contributed by atoms with Gasteiger partial charge in [-0.15, -0.1) is 0 Å². The Hall–Kier alpha value is -2.40. The molecule has 1 aliphatic heterocycles. The quantitative estimate of drug-likeness (QED) is 0.730. The van der Waals surface area contributed by atoms with Crippen LogP contribution in [-0.4, -0.2) is 28.0 Å². The van der Waals surface area contributed by atoms with E-state index in [4.69, 9.17) is 4.98 Å². The summed E-state index contributed by atoms with van der Waals surface area (Å²) >= 11 is 0. The van der Waals surface area contributed by atoms with Crippen LogP contribution < -0.4 is 10.2 Å². The zero-order valence-corrected chi connectivity index (χ0v) is 15.2. The van der Waals surface area contributed by atoms with E-state index in [1.165, 1.54) is 37.7 Å². The molecule has 5 nitrogen and oxygen atoms in total. The van der Waals surface area contributed by atoms with Crippen molar-refractivity contribution in [2.75, 3.05) is 18.0 Å². The number of benzene rings is 1. The van der Waals surface area contributed by atoms with Gasteiger partial charge in [-0.25, -0.2) is 9.97 Å². The predicted octanol–water partition coefficient (Wildman–Crippen LogP) is 4.02. The average Bonchev–Trinajstić information content (AvgIpc) is 3.05. The zero-order valence-electron chi connectivity index (χ0n) is 15.2. The summed E-state index contributed by atoms with van der Waals surface area (Å²) in [6.45, 7) is 3.76. The molecule has 0 saturated carbocycles. The summed E-state index contributed by atoms with van der Waals surface area (Å²) in [5.74, 6) is 2.12. The van der Waals surface area contributed by atoms with E-state index >= 15 is 0 Å². The van der Waals surface area contributed by atoms with Crippen LogP contribution in [0.15, 0.2) is 42.6 Å². The van der Waals surface area contributed by atoms with Crippen LogP contribution in [0.4, 0.5) is 5.82 Å². The van der Waals surface area contributed by atoms with E-state index < -0.39 is 0 Å². The van der Waals surface area contributed by atoms with E-state index in [0.29, 0.717) is 0 Å². The Balaban J connectivity index is 1.41. The molecule has 3 heterocycles. The minimum atomic E-state index is 0.725. The summed E-state index contributed by atoms with van der Waals surface area (Å²) in [6.07, 6.45) is 8.50. The molecule has 3 aromatic rings. The number of anilines is 1. The normalized spacial score (nSPS) is 15.8. The van der Waals surface area contributed by atoms with Crippen molar-refractivity contribution in [2.45, 2.75) is 45.2 Å². The number of para-hydroxylation sites is 2. The number of nitrogens with one attached hydrogen (secondary N) is 2. The molecule has 0 unspecified atom stereocenters. The first-order valence-corrected chi connectivity index (χ1v) is 9.73. The maximum absolute atomic E-state index is 4.70.